The predicted molar refractivity (Wildman–Crippen MR) is 93.8 cm³/mol. The van der Waals surface area contributed by atoms with Crippen LogP contribution in [0.25, 0.3) is 22.1 Å². The lowest BCUT2D eigenvalue weighted by Gasteiger charge is -2.18. The molecule has 2 aromatic carbocycles. The highest BCUT2D eigenvalue weighted by molar-refractivity contribution is 6.05. The Kier molecular flexibility index (Phi) is 3.84. The molecule has 0 saturated carbocycles. The summed E-state index contributed by atoms with van der Waals surface area (Å²) >= 11 is 0. The molecule has 5 nitrogen and oxygen atoms in total. The summed E-state index contributed by atoms with van der Waals surface area (Å²) in [6, 6.07) is 17.8. The Balaban J connectivity index is 1.78. The number of hydrogen-bond donors (Lipinski definition) is 2. The first-order chi connectivity index (χ1) is 11.9. The van der Waals surface area contributed by atoms with E-state index in [1.54, 1.807) is 0 Å². The van der Waals surface area contributed by atoms with Crippen LogP contribution in [0.1, 0.15) is 18.0 Å². The highest BCUT2D eigenvalue weighted by atomic mass is 16.3. The van der Waals surface area contributed by atoms with Gasteiger partial charge in [0.2, 0.25) is 0 Å². The van der Waals surface area contributed by atoms with E-state index in [-0.39, 0.29) is 12.6 Å². The number of aliphatic hydroxyl groups excluding tert-OH is 1. The first kappa shape index (κ1) is 14.7. The number of aromatic nitrogens is 2. The molecule has 0 aliphatic heterocycles. The van der Waals surface area contributed by atoms with Gasteiger partial charge in [-0.2, -0.15) is 0 Å². The fraction of sp³-hybridized carbons (Fsp3) is 0.158. The number of aliphatic hydroxyl groups is 1. The molecule has 0 spiro atoms. The lowest BCUT2D eigenvalue weighted by atomic mass is 10.0. The zero-order valence-electron chi connectivity index (χ0n) is 13.0. The highest BCUT2D eigenvalue weighted by Crippen LogP contribution is 2.32. The molecule has 4 rings (SSSR count). The lowest BCUT2D eigenvalue weighted by molar-refractivity contribution is 0.280. The number of nitrogens with one attached hydrogen (secondary N) is 1. The molecular formula is C19H17N3O2. The Hall–Kier alpha value is -2.92. The Morgan fingerprint density at radius 1 is 1.00 bits per heavy atom. The number of fused-ring (bicyclic) bond motifs is 3. The van der Waals surface area contributed by atoms with Gasteiger partial charge in [-0.3, -0.25) is 0 Å². The summed E-state index contributed by atoms with van der Waals surface area (Å²) < 4.78 is 5.95. The van der Waals surface area contributed by atoms with Crippen LogP contribution in [-0.4, -0.2) is 21.7 Å². The molecule has 24 heavy (non-hydrogen) atoms. The second kappa shape index (κ2) is 6.29. The van der Waals surface area contributed by atoms with Crippen LogP contribution in [0.2, 0.25) is 0 Å². The number of nitrogens with zero attached hydrogens (tertiary/aromatic N) is 2. The number of para-hydroxylation sites is 1. The molecule has 1 atom stereocenters. The van der Waals surface area contributed by atoms with E-state index >= 15 is 0 Å². The van der Waals surface area contributed by atoms with Gasteiger partial charge < -0.3 is 14.8 Å². The molecule has 0 amide bonds. The largest absolute Gasteiger partial charge is 0.450 e. The third-order valence-electron chi connectivity index (χ3n) is 4.09. The van der Waals surface area contributed by atoms with E-state index < -0.39 is 0 Å². The van der Waals surface area contributed by atoms with E-state index in [2.05, 4.69) is 15.3 Å². The van der Waals surface area contributed by atoms with Gasteiger partial charge in [0.05, 0.1) is 6.04 Å². The van der Waals surface area contributed by atoms with Gasteiger partial charge in [0, 0.05) is 12.0 Å². The number of hydrogen-bond acceptors (Lipinski definition) is 5. The molecule has 2 N–H and O–H groups in total. The average Bonchev–Trinajstić information content (AvgIpc) is 3.02. The molecule has 0 aliphatic carbocycles. The van der Waals surface area contributed by atoms with Gasteiger partial charge in [0.25, 0.3) is 0 Å². The van der Waals surface area contributed by atoms with Gasteiger partial charge in [-0.25, -0.2) is 9.97 Å². The van der Waals surface area contributed by atoms with Crippen molar-refractivity contribution in [1.29, 1.82) is 0 Å². The van der Waals surface area contributed by atoms with Crippen LogP contribution in [0.15, 0.2) is 65.3 Å². The zero-order valence-corrected chi connectivity index (χ0v) is 13.0. The van der Waals surface area contributed by atoms with Crippen LogP contribution in [0, 0.1) is 0 Å². The van der Waals surface area contributed by atoms with Crippen LogP contribution < -0.4 is 5.32 Å². The van der Waals surface area contributed by atoms with Crippen LogP contribution in [-0.2, 0) is 0 Å². The number of anilines is 1. The maximum atomic E-state index is 9.41. The average molecular weight is 319 g/mol. The van der Waals surface area contributed by atoms with Crippen molar-refractivity contribution in [2.45, 2.75) is 12.5 Å². The highest BCUT2D eigenvalue weighted by Gasteiger charge is 2.17. The van der Waals surface area contributed by atoms with Crippen molar-refractivity contribution in [3.8, 4) is 0 Å². The van der Waals surface area contributed by atoms with E-state index in [0.717, 1.165) is 22.0 Å². The number of rotatable bonds is 5. The molecule has 0 aliphatic rings. The molecule has 2 heterocycles. The molecule has 5 heteroatoms. The quantitative estimate of drug-likeness (QED) is 0.583. The van der Waals surface area contributed by atoms with E-state index in [4.69, 9.17) is 4.42 Å². The molecule has 0 unspecified atom stereocenters. The third-order valence-corrected chi connectivity index (χ3v) is 4.09. The second-order valence-corrected chi connectivity index (χ2v) is 5.62. The van der Waals surface area contributed by atoms with Gasteiger partial charge in [-0.15, -0.1) is 0 Å². The van der Waals surface area contributed by atoms with Crippen molar-refractivity contribution in [3.63, 3.8) is 0 Å². The van der Waals surface area contributed by atoms with Gasteiger partial charge in [-0.05, 0) is 24.1 Å². The normalized spacial score (nSPS) is 12.5. The van der Waals surface area contributed by atoms with Crippen molar-refractivity contribution in [1.82, 2.24) is 9.97 Å². The zero-order chi connectivity index (χ0) is 16.4. The van der Waals surface area contributed by atoms with Crippen molar-refractivity contribution in [3.05, 3.63) is 66.5 Å². The summed E-state index contributed by atoms with van der Waals surface area (Å²) in [5, 5.41) is 13.8. The Morgan fingerprint density at radius 3 is 2.62 bits per heavy atom. The fourth-order valence-corrected chi connectivity index (χ4v) is 2.93. The van der Waals surface area contributed by atoms with Gasteiger partial charge in [0.1, 0.15) is 17.4 Å². The Bertz CT molecular complexity index is 966. The molecule has 0 bridgehead atoms. The fourth-order valence-electron chi connectivity index (χ4n) is 2.93. The summed E-state index contributed by atoms with van der Waals surface area (Å²) in [6.45, 7) is 0.0842. The SMILES string of the molecule is OCC[C@@H](Nc1ncnc2c1oc1ccccc12)c1ccccc1. The maximum absolute atomic E-state index is 9.41. The van der Waals surface area contributed by atoms with Gasteiger partial charge in [0.15, 0.2) is 11.4 Å². The minimum absolute atomic E-state index is 0.0532. The summed E-state index contributed by atoms with van der Waals surface area (Å²) in [7, 11) is 0. The molecule has 0 fully saturated rings. The molecule has 4 aromatic rings. The molecule has 120 valence electrons. The topological polar surface area (TPSA) is 71.2 Å². The predicted octanol–water partition coefficient (Wildman–Crippen LogP) is 3.91. The number of furan rings is 1. The van der Waals surface area contributed by atoms with Crippen LogP contribution in [0.3, 0.4) is 0 Å². The lowest BCUT2D eigenvalue weighted by Crippen LogP contribution is -2.13. The molecular weight excluding hydrogens is 302 g/mol. The smallest absolute Gasteiger partial charge is 0.196 e. The van der Waals surface area contributed by atoms with Crippen LogP contribution >= 0.6 is 0 Å². The van der Waals surface area contributed by atoms with E-state index in [1.165, 1.54) is 6.33 Å². The first-order valence-electron chi connectivity index (χ1n) is 7.91. The number of benzene rings is 2. The van der Waals surface area contributed by atoms with Crippen LogP contribution in [0.4, 0.5) is 5.82 Å². The van der Waals surface area contributed by atoms with E-state index in [1.807, 2.05) is 54.6 Å². The summed E-state index contributed by atoms with van der Waals surface area (Å²) in [6.07, 6.45) is 2.11. The summed E-state index contributed by atoms with van der Waals surface area (Å²) in [5.41, 5.74) is 3.31. The first-order valence-corrected chi connectivity index (χ1v) is 7.91. The third kappa shape index (κ3) is 2.59. The standard InChI is InChI=1S/C19H17N3O2/c23-11-10-15(13-6-2-1-3-7-13)22-19-18-17(20-12-21-19)14-8-4-5-9-16(14)24-18/h1-9,12,15,23H,10-11H2,(H,20,21,22)/t15-/m1/s1. The van der Waals surface area contributed by atoms with Crippen molar-refractivity contribution in [2.75, 3.05) is 11.9 Å². The monoisotopic (exact) mass is 319 g/mol. The van der Waals surface area contributed by atoms with Crippen LogP contribution in [0.5, 0.6) is 0 Å². The molecule has 0 radical (unpaired) electrons. The minimum atomic E-state index is -0.0532. The Labute approximate surface area is 139 Å². The minimum Gasteiger partial charge on any atom is -0.450 e. The van der Waals surface area contributed by atoms with Crippen molar-refractivity contribution < 1.29 is 9.52 Å². The maximum Gasteiger partial charge on any atom is 0.196 e. The molecule has 2 aromatic heterocycles. The van der Waals surface area contributed by atoms with Crippen molar-refractivity contribution >= 4 is 27.9 Å². The van der Waals surface area contributed by atoms with Crippen molar-refractivity contribution in [2.24, 2.45) is 0 Å². The van der Waals surface area contributed by atoms with E-state index in [0.29, 0.717) is 17.8 Å². The molecule has 0 saturated heterocycles. The second-order valence-electron chi connectivity index (χ2n) is 5.62. The summed E-state index contributed by atoms with van der Waals surface area (Å²) in [5.74, 6) is 0.638. The van der Waals surface area contributed by atoms with E-state index in [9.17, 15) is 5.11 Å². The van der Waals surface area contributed by atoms with Gasteiger partial charge >= 0.3 is 0 Å². The summed E-state index contributed by atoms with van der Waals surface area (Å²) in [4.78, 5) is 8.71. The van der Waals surface area contributed by atoms with Gasteiger partial charge in [-0.1, -0.05) is 42.5 Å². The Morgan fingerprint density at radius 2 is 1.79 bits per heavy atom.